The van der Waals surface area contributed by atoms with Crippen LogP contribution in [0.3, 0.4) is 0 Å². The molecule has 0 bridgehead atoms. The van der Waals surface area contributed by atoms with E-state index in [1.165, 1.54) is 5.56 Å². The average Bonchev–Trinajstić information content (AvgIpc) is 3.07. The van der Waals surface area contributed by atoms with Crippen LogP contribution in [0.2, 0.25) is 0 Å². The van der Waals surface area contributed by atoms with Crippen LogP contribution in [0.25, 0.3) is 0 Å². The lowest BCUT2D eigenvalue weighted by Gasteiger charge is -2.30. The van der Waals surface area contributed by atoms with Gasteiger partial charge in [0.1, 0.15) is 24.2 Å². The van der Waals surface area contributed by atoms with Crippen molar-refractivity contribution in [1.29, 1.82) is 0 Å². The summed E-state index contributed by atoms with van der Waals surface area (Å²) in [5, 5.41) is 10.6. The van der Waals surface area contributed by atoms with Crippen LogP contribution in [0.1, 0.15) is 17.5 Å². The van der Waals surface area contributed by atoms with Crippen LogP contribution in [0.4, 0.5) is 0 Å². The van der Waals surface area contributed by atoms with Gasteiger partial charge in [-0.2, -0.15) is 0 Å². The van der Waals surface area contributed by atoms with Gasteiger partial charge < -0.3 is 14.6 Å². The molecule has 2 atom stereocenters. The maximum Gasteiger partial charge on any atom is 0.151 e. The maximum absolute atomic E-state index is 12.0. The van der Waals surface area contributed by atoms with E-state index in [0.29, 0.717) is 25.3 Å². The monoisotopic (exact) mass is 419 g/mol. The van der Waals surface area contributed by atoms with Gasteiger partial charge >= 0.3 is 0 Å². The lowest BCUT2D eigenvalue weighted by atomic mass is 10.1. The van der Waals surface area contributed by atoms with E-state index in [0.717, 1.165) is 11.3 Å². The second kappa shape index (κ2) is 9.61. The second-order valence-corrected chi connectivity index (χ2v) is 9.84. The van der Waals surface area contributed by atoms with E-state index >= 15 is 0 Å². The zero-order chi connectivity index (χ0) is 20.9. The molecule has 2 aromatic rings. The number of benzene rings is 2. The van der Waals surface area contributed by atoms with Crippen molar-refractivity contribution in [2.45, 2.75) is 32.0 Å². The number of hydrogen-bond acceptors (Lipinski definition) is 6. The third kappa shape index (κ3) is 6.45. The van der Waals surface area contributed by atoms with E-state index in [2.05, 4.69) is 4.90 Å². The summed E-state index contributed by atoms with van der Waals surface area (Å²) < 4.78 is 34.7. The first-order chi connectivity index (χ1) is 13.8. The lowest BCUT2D eigenvalue weighted by molar-refractivity contribution is 0.0524. The molecule has 0 aromatic heterocycles. The molecule has 0 aliphatic carbocycles. The van der Waals surface area contributed by atoms with Crippen LogP contribution in [0.15, 0.2) is 48.5 Å². The Hall–Kier alpha value is -2.09. The molecule has 0 spiro atoms. The highest BCUT2D eigenvalue weighted by molar-refractivity contribution is 7.91. The maximum atomic E-state index is 12.0. The van der Waals surface area contributed by atoms with Crippen LogP contribution < -0.4 is 9.47 Å². The van der Waals surface area contributed by atoms with E-state index in [1.807, 2.05) is 31.2 Å². The van der Waals surface area contributed by atoms with Crippen molar-refractivity contribution >= 4 is 9.84 Å². The van der Waals surface area contributed by atoms with Crippen molar-refractivity contribution in [2.75, 3.05) is 31.8 Å². The highest BCUT2D eigenvalue weighted by Gasteiger charge is 2.33. The molecule has 1 heterocycles. The number of aryl methyl sites for hydroxylation is 1. The first kappa shape index (κ1) is 21.6. The number of hydrogen-bond donors (Lipinski definition) is 1. The molecule has 1 fully saturated rings. The molecule has 0 unspecified atom stereocenters. The molecule has 1 aliphatic heterocycles. The van der Waals surface area contributed by atoms with E-state index in [-0.39, 0.29) is 24.2 Å². The number of sulfone groups is 1. The normalized spacial score (nSPS) is 19.2. The Morgan fingerprint density at radius 3 is 2.34 bits per heavy atom. The van der Waals surface area contributed by atoms with Crippen molar-refractivity contribution in [2.24, 2.45) is 0 Å². The van der Waals surface area contributed by atoms with E-state index in [4.69, 9.17) is 9.47 Å². The highest BCUT2D eigenvalue weighted by atomic mass is 32.2. The number of nitrogens with zero attached hydrogens (tertiary/aromatic N) is 1. The van der Waals surface area contributed by atoms with Gasteiger partial charge in [0, 0.05) is 19.1 Å². The van der Waals surface area contributed by atoms with E-state index in [1.54, 1.807) is 31.4 Å². The Labute approximate surface area is 173 Å². The van der Waals surface area contributed by atoms with Gasteiger partial charge in [-0.25, -0.2) is 8.42 Å². The third-order valence-corrected chi connectivity index (χ3v) is 6.93. The molecule has 6 nitrogen and oxygen atoms in total. The largest absolute Gasteiger partial charge is 0.497 e. The van der Waals surface area contributed by atoms with Gasteiger partial charge in [0.2, 0.25) is 0 Å². The fourth-order valence-corrected chi connectivity index (χ4v) is 5.28. The first-order valence-electron chi connectivity index (χ1n) is 9.79. The average molecular weight is 420 g/mol. The number of rotatable bonds is 9. The number of methoxy groups -OCH3 is 1. The summed E-state index contributed by atoms with van der Waals surface area (Å²) in [7, 11) is -1.40. The molecule has 3 rings (SSSR count). The molecular formula is C22H29NO5S. The van der Waals surface area contributed by atoms with Crippen LogP contribution in [-0.2, 0) is 16.4 Å². The van der Waals surface area contributed by atoms with Crippen LogP contribution in [-0.4, -0.2) is 62.3 Å². The Kier molecular flexibility index (Phi) is 7.16. The van der Waals surface area contributed by atoms with Gasteiger partial charge in [-0.15, -0.1) is 0 Å². The minimum Gasteiger partial charge on any atom is -0.497 e. The molecule has 7 heteroatoms. The smallest absolute Gasteiger partial charge is 0.151 e. The Bertz CT molecular complexity index is 880. The van der Waals surface area contributed by atoms with Crippen LogP contribution in [0.5, 0.6) is 11.5 Å². The predicted molar refractivity (Wildman–Crippen MR) is 113 cm³/mol. The van der Waals surface area contributed by atoms with Gasteiger partial charge in [-0.1, -0.05) is 29.8 Å². The van der Waals surface area contributed by atoms with Gasteiger partial charge in [0.05, 0.1) is 18.6 Å². The molecule has 29 heavy (non-hydrogen) atoms. The lowest BCUT2D eigenvalue weighted by Crippen LogP contribution is -2.42. The fourth-order valence-electron chi connectivity index (χ4n) is 3.52. The molecule has 158 valence electrons. The second-order valence-electron chi connectivity index (χ2n) is 7.61. The summed E-state index contributed by atoms with van der Waals surface area (Å²) in [6.07, 6.45) is -0.133. The molecule has 1 aliphatic rings. The zero-order valence-corrected chi connectivity index (χ0v) is 17.8. The summed E-state index contributed by atoms with van der Waals surface area (Å²) >= 11 is 0. The third-order valence-electron chi connectivity index (χ3n) is 5.18. The Balaban J connectivity index is 1.62. The Morgan fingerprint density at radius 1 is 1.10 bits per heavy atom. The summed E-state index contributed by atoms with van der Waals surface area (Å²) in [5.74, 6) is 1.74. The van der Waals surface area contributed by atoms with E-state index < -0.39 is 15.9 Å². The minimum absolute atomic E-state index is 0.0862. The minimum atomic E-state index is -3.00. The predicted octanol–water partition coefficient (Wildman–Crippen LogP) is 2.43. The quantitative estimate of drug-likeness (QED) is 0.673. The molecule has 0 saturated carbocycles. The SMILES string of the molecule is COc1ccc(OC[C@@H](O)CN(Cc2ccc(C)cc2)[C@H]2CCS(=O)(=O)C2)cc1. The van der Waals surface area contributed by atoms with Crippen molar-refractivity contribution in [3.05, 3.63) is 59.7 Å². The molecular weight excluding hydrogens is 390 g/mol. The van der Waals surface area contributed by atoms with Gasteiger partial charge in [0.25, 0.3) is 0 Å². The zero-order valence-electron chi connectivity index (χ0n) is 17.0. The van der Waals surface area contributed by atoms with Gasteiger partial charge in [-0.05, 0) is 43.2 Å². The number of aliphatic hydroxyl groups is 1. The van der Waals surface area contributed by atoms with Gasteiger partial charge in [-0.3, -0.25) is 4.90 Å². The van der Waals surface area contributed by atoms with Gasteiger partial charge in [0.15, 0.2) is 9.84 Å². The number of aliphatic hydroxyl groups excluding tert-OH is 1. The molecule has 2 aromatic carbocycles. The summed E-state index contributed by atoms with van der Waals surface area (Å²) in [4.78, 5) is 2.07. The molecule has 0 amide bonds. The topological polar surface area (TPSA) is 76.1 Å². The highest BCUT2D eigenvalue weighted by Crippen LogP contribution is 2.21. The number of ether oxygens (including phenoxy) is 2. The molecule has 1 saturated heterocycles. The molecule has 1 N–H and O–H groups in total. The fraction of sp³-hybridized carbons (Fsp3) is 0.455. The summed E-state index contributed by atoms with van der Waals surface area (Å²) in [6.45, 7) is 3.12. The Morgan fingerprint density at radius 2 is 1.76 bits per heavy atom. The van der Waals surface area contributed by atoms with Crippen LogP contribution >= 0.6 is 0 Å². The molecule has 0 radical (unpaired) electrons. The van der Waals surface area contributed by atoms with Crippen molar-refractivity contribution in [3.63, 3.8) is 0 Å². The van der Waals surface area contributed by atoms with E-state index in [9.17, 15) is 13.5 Å². The summed E-state index contributed by atoms with van der Waals surface area (Å²) in [5.41, 5.74) is 2.28. The van der Waals surface area contributed by atoms with Crippen LogP contribution in [0, 0.1) is 6.92 Å². The standard InChI is InChI=1S/C22H29NO5S/c1-17-3-5-18(6-4-17)13-23(19-11-12-29(25,26)16-19)14-20(24)15-28-22-9-7-21(27-2)8-10-22/h3-10,19-20,24H,11-16H2,1-2H3/t19-,20-/m0/s1. The summed E-state index contributed by atoms with van der Waals surface area (Å²) in [6, 6.07) is 15.3. The van der Waals surface area contributed by atoms with Crippen molar-refractivity contribution in [1.82, 2.24) is 4.90 Å². The first-order valence-corrected chi connectivity index (χ1v) is 11.6. The van der Waals surface area contributed by atoms with Crippen molar-refractivity contribution < 1.29 is 23.0 Å². The van der Waals surface area contributed by atoms with Crippen molar-refractivity contribution in [3.8, 4) is 11.5 Å².